The van der Waals surface area contributed by atoms with E-state index in [1.54, 1.807) is 30.5 Å². The quantitative estimate of drug-likeness (QED) is 0.330. The minimum atomic E-state index is -0.317. The Morgan fingerprint density at radius 3 is 2.41 bits per heavy atom. The fourth-order valence-electron chi connectivity index (χ4n) is 2.86. The maximum absolute atomic E-state index is 12.2. The average Bonchev–Trinajstić information content (AvgIpc) is 3.22. The molecule has 1 heterocycles. The molecule has 0 atom stereocenters. The molecule has 0 aliphatic carbocycles. The fraction of sp³-hybridized carbons (Fsp3) is 0.227. The number of nitrogens with one attached hydrogen (secondary N) is 2. The zero-order valence-electron chi connectivity index (χ0n) is 17.7. The van der Waals surface area contributed by atoms with Crippen molar-refractivity contribution in [3.8, 4) is 0 Å². The Morgan fingerprint density at radius 2 is 1.75 bits per heavy atom. The molecule has 0 saturated carbocycles. The SMILES string of the molecule is CCN(CC)c1ccc(/C=N\NC(=O)Cc2nnc(NC(=O)c3ccc(Br)cc3)s2)cc1. The summed E-state index contributed by atoms with van der Waals surface area (Å²) in [6.45, 7) is 6.12. The lowest BCUT2D eigenvalue weighted by atomic mass is 10.2. The number of nitrogens with zero attached hydrogens (tertiary/aromatic N) is 4. The smallest absolute Gasteiger partial charge is 0.257 e. The van der Waals surface area contributed by atoms with Gasteiger partial charge in [0.25, 0.3) is 5.91 Å². The molecule has 0 saturated heterocycles. The standard InChI is InChI=1S/C22H23BrN6O2S/c1-3-29(4-2)18-11-5-15(6-12-18)14-24-26-19(30)13-20-27-28-22(32-20)25-21(31)16-7-9-17(23)10-8-16/h5-12,14H,3-4,13H2,1-2H3,(H,26,30)(H,25,28,31)/b24-14-. The normalized spacial score (nSPS) is 10.8. The lowest BCUT2D eigenvalue weighted by molar-refractivity contribution is -0.120. The van der Waals surface area contributed by atoms with Gasteiger partial charge in [0.15, 0.2) is 0 Å². The topological polar surface area (TPSA) is 99.6 Å². The molecule has 3 aromatic rings. The van der Waals surface area contributed by atoms with E-state index in [0.717, 1.165) is 40.1 Å². The fourth-order valence-corrected chi connectivity index (χ4v) is 3.86. The van der Waals surface area contributed by atoms with Crippen LogP contribution in [0.1, 0.15) is 34.8 Å². The van der Waals surface area contributed by atoms with E-state index in [-0.39, 0.29) is 18.2 Å². The monoisotopic (exact) mass is 514 g/mol. The van der Waals surface area contributed by atoms with Gasteiger partial charge in [0.1, 0.15) is 5.01 Å². The molecule has 2 amide bonds. The predicted octanol–water partition coefficient (Wildman–Crippen LogP) is 4.09. The molecule has 3 rings (SSSR count). The molecule has 0 radical (unpaired) electrons. The zero-order chi connectivity index (χ0) is 22.9. The van der Waals surface area contributed by atoms with Gasteiger partial charge in [-0.2, -0.15) is 5.10 Å². The minimum Gasteiger partial charge on any atom is -0.372 e. The van der Waals surface area contributed by atoms with E-state index in [1.165, 1.54) is 0 Å². The molecule has 0 bridgehead atoms. The summed E-state index contributed by atoms with van der Waals surface area (Å²) in [4.78, 5) is 26.6. The highest BCUT2D eigenvalue weighted by molar-refractivity contribution is 9.10. The number of hydrogen-bond donors (Lipinski definition) is 2. The van der Waals surface area contributed by atoms with E-state index in [0.29, 0.717) is 15.7 Å². The number of halogens is 1. The van der Waals surface area contributed by atoms with E-state index in [1.807, 2.05) is 24.3 Å². The van der Waals surface area contributed by atoms with Crippen LogP contribution in [0.2, 0.25) is 0 Å². The van der Waals surface area contributed by atoms with Crippen molar-refractivity contribution >= 4 is 56.1 Å². The Bertz CT molecular complexity index is 1080. The van der Waals surface area contributed by atoms with Gasteiger partial charge in [-0.3, -0.25) is 14.9 Å². The van der Waals surface area contributed by atoms with Crippen molar-refractivity contribution in [2.75, 3.05) is 23.3 Å². The summed E-state index contributed by atoms with van der Waals surface area (Å²) in [5, 5.41) is 15.4. The highest BCUT2D eigenvalue weighted by Gasteiger charge is 2.12. The number of rotatable bonds is 9. The third-order valence-corrected chi connectivity index (χ3v) is 5.90. The van der Waals surface area contributed by atoms with Crippen LogP contribution in [-0.4, -0.2) is 41.3 Å². The molecule has 2 aromatic carbocycles. The number of hydrazone groups is 1. The predicted molar refractivity (Wildman–Crippen MR) is 131 cm³/mol. The lowest BCUT2D eigenvalue weighted by Crippen LogP contribution is -2.21. The third kappa shape index (κ3) is 6.69. The second kappa shape index (κ2) is 11.5. The largest absolute Gasteiger partial charge is 0.372 e. The maximum atomic E-state index is 12.2. The first-order valence-corrected chi connectivity index (χ1v) is 11.7. The summed E-state index contributed by atoms with van der Waals surface area (Å²) in [6, 6.07) is 14.9. The summed E-state index contributed by atoms with van der Waals surface area (Å²) in [6.07, 6.45) is 1.61. The van der Waals surface area contributed by atoms with E-state index in [2.05, 4.69) is 60.7 Å². The molecular weight excluding hydrogens is 492 g/mol. The summed E-state index contributed by atoms with van der Waals surface area (Å²) in [5.41, 5.74) is 5.02. The van der Waals surface area contributed by atoms with Gasteiger partial charge in [0.05, 0.1) is 12.6 Å². The Balaban J connectivity index is 1.48. The molecular formula is C22H23BrN6O2S. The van der Waals surface area contributed by atoms with Crippen LogP contribution in [0.3, 0.4) is 0 Å². The van der Waals surface area contributed by atoms with Gasteiger partial charge in [-0.1, -0.05) is 39.4 Å². The van der Waals surface area contributed by atoms with Crippen molar-refractivity contribution in [3.05, 3.63) is 69.1 Å². The van der Waals surface area contributed by atoms with Crippen LogP contribution in [0, 0.1) is 0 Å². The van der Waals surface area contributed by atoms with E-state index in [4.69, 9.17) is 0 Å². The van der Waals surface area contributed by atoms with Crippen molar-refractivity contribution in [1.29, 1.82) is 0 Å². The lowest BCUT2D eigenvalue weighted by Gasteiger charge is -2.20. The molecule has 0 aliphatic heterocycles. The number of benzene rings is 2. The molecule has 0 spiro atoms. The van der Waals surface area contributed by atoms with Crippen molar-refractivity contribution in [2.24, 2.45) is 5.10 Å². The average molecular weight is 515 g/mol. The molecule has 1 aromatic heterocycles. The van der Waals surface area contributed by atoms with E-state index >= 15 is 0 Å². The number of amides is 2. The van der Waals surface area contributed by atoms with Crippen LogP contribution in [0.4, 0.5) is 10.8 Å². The molecule has 0 aliphatic rings. The first kappa shape index (κ1) is 23.6. The van der Waals surface area contributed by atoms with Crippen LogP contribution in [0.5, 0.6) is 0 Å². The summed E-state index contributed by atoms with van der Waals surface area (Å²) >= 11 is 4.48. The summed E-state index contributed by atoms with van der Waals surface area (Å²) < 4.78 is 0.887. The molecule has 0 fully saturated rings. The molecule has 10 heteroatoms. The van der Waals surface area contributed by atoms with Gasteiger partial charge in [-0.25, -0.2) is 5.43 Å². The highest BCUT2D eigenvalue weighted by Crippen LogP contribution is 2.18. The number of aromatic nitrogens is 2. The minimum absolute atomic E-state index is 0.0179. The Labute approximate surface area is 198 Å². The number of anilines is 2. The van der Waals surface area contributed by atoms with Gasteiger partial charge in [0.2, 0.25) is 11.0 Å². The second-order valence-electron chi connectivity index (χ2n) is 6.70. The molecule has 166 valence electrons. The second-order valence-corrected chi connectivity index (χ2v) is 8.67. The van der Waals surface area contributed by atoms with Gasteiger partial charge in [-0.05, 0) is 55.8 Å². The van der Waals surface area contributed by atoms with Crippen LogP contribution < -0.4 is 15.6 Å². The highest BCUT2D eigenvalue weighted by atomic mass is 79.9. The molecule has 0 unspecified atom stereocenters. The van der Waals surface area contributed by atoms with Crippen LogP contribution >= 0.6 is 27.3 Å². The summed E-state index contributed by atoms with van der Waals surface area (Å²) in [7, 11) is 0. The van der Waals surface area contributed by atoms with Crippen molar-refractivity contribution in [1.82, 2.24) is 15.6 Å². The number of hydrogen-bond acceptors (Lipinski definition) is 7. The maximum Gasteiger partial charge on any atom is 0.257 e. The number of carbonyl (C=O) groups excluding carboxylic acids is 2. The van der Waals surface area contributed by atoms with Gasteiger partial charge in [-0.15, -0.1) is 10.2 Å². The Morgan fingerprint density at radius 1 is 1.06 bits per heavy atom. The van der Waals surface area contributed by atoms with Gasteiger partial charge < -0.3 is 4.90 Å². The number of carbonyl (C=O) groups is 2. The Hall–Kier alpha value is -3.11. The third-order valence-electron chi connectivity index (χ3n) is 4.53. The van der Waals surface area contributed by atoms with Gasteiger partial charge >= 0.3 is 0 Å². The van der Waals surface area contributed by atoms with E-state index in [9.17, 15) is 9.59 Å². The molecule has 2 N–H and O–H groups in total. The Kier molecular flexibility index (Phi) is 8.46. The molecule has 32 heavy (non-hydrogen) atoms. The van der Waals surface area contributed by atoms with Crippen molar-refractivity contribution in [2.45, 2.75) is 20.3 Å². The van der Waals surface area contributed by atoms with Crippen LogP contribution in [0.15, 0.2) is 58.1 Å². The zero-order valence-corrected chi connectivity index (χ0v) is 20.1. The summed E-state index contributed by atoms with van der Waals surface area (Å²) in [5.74, 6) is -0.607. The first-order valence-electron chi connectivity index (χ1n) is 10.0. The van der Waals surface area contributed by atoms with Crippen molar-refractivity contribution in [3.63, 3.8) is 0 Å². The van der Waals surface area contributed by atoms with Crippen LogP contribution in [-0.2, 0) is 11.2 Å². The molecule has 8 nitrogen and oxygen atoms in total. The van der Waals surface area contributed by atoms with Gasteiger partial charge in [0, 0.05) is 28.8 Å². The van der Waals surface area contributed by atoms with E-state index < -0.39 is 0 Å². The van der Waals surface area contributed by atoms with Crippen molar-refractivity contribution < 1.29 is 9.59 Å². The van der Waals surface area contributed by atoms with Crippen LogP contribution in [0.25, 0.3) is 0 Å². The first-order chi connectivity index (χ1) is 15.5.